The molecule has 0 fully saturated rings. The predicted molar refractivity (Wildman–Crippen MR) is 138 cm³/mol. The van der Waals surface area contributed by atoms with Gasteiger partial charge < -0.3 is 24.8 Å². The number of hydrogen-bond donors (Lipinski definition) is 2. The second kappa shape index (κ2) is 11.6. The Morgan fingerprint density at radius 1 is 0.892 bits per heavy atom. The van der Waals surface area contributed by atoms with Gasteiger partial charge in [0.2, 0.25) is 0 Å². The molecule has 10 heteroatoms. The number of benzene rings is 3. The summed E-state index contributed by atoms with van der Waals surface area (Å²) in [5.74, 6) is -1.23. The van der Waals surface area contributed by atoms with Gasteiger partial charge in [-0.3, -0.25) is 14.6 Å². The number of nitrogens with one attached hydrogen (secondary N) is 2. The van der Waals surface area contributed by atoms with E-state index < -0.39 is 17.6 Å². The SMILES string of the molecule is COc1cc2nccc(Oc3ccc(NC(=O)C(=O)NCCc4ccc(Cl)cc4)cc3F)c2cc1OC. The molecule has 0 aliphatic carbocycles. The zero-order valence-electron chi connectivity index (χ0n) is 20.0. The van der Waals surface area contributed by atoms with Gasteiger partial charge in [-0.2, -0.15) is 0 Å². The van der Waals surface area contributed by atoms with E-state index in [1.807, 2.05) is 12.1 Å². The van der Waals surface area contributed by atoms with Crippen molar-refractivity contribution in [1.82, 2.24) is 10.3 Å². The van der Waals surface area contributed by atoms with Gasteiger partial charge in [0.15, 0.2) is 23.1 Å². The summed E-state index contributed by atoms with van der Waals surface area (Å²) in [5, 5.41) is 6.12. The third-order valence-corrected chi connectivity index (χ3v) is 5.69. The Morgan fingerprint density at radius 3 is 2.32 bits per heavy atom. The minimum absolute atomic E-state index is 0.0762. The Balaban J connectivity index is 1.40. The van der Waals surface area contributed by atoms with E-state index in [1.54, 1.807) is 30.3 Å². The van der Waals surface area contributed by atoms with E-state index in [-0.39, 0.29) is 18.0 Å². The summed E-state index contributed by atoms with van der Waals surface area (Å²) >= 11 is 5.85. The predicted octanol–water partition coefficient (Wildman–Crippen LogP) is 5.13. The smallest absolute Gasteiger partial charge is 0.313 e. The highest BCUT2D eigenvalue weighted by atomic mass is 35.5. The van der Waals surface area contributed by atoms with E-state index in [0.717, 1.165) is 11.6 Å². The van der Waals surface area contributed by atoms with Gasteiger partial charge in [-0.25, -0.2) is 4.39 Å². The number of pyridine rings is 1. The summed E-state index contributed by atoms with van der Waals surface area (Å²) in [7, 11) is 3.03. The lowest BCUT2D eigenvalue weighted by molar-refractivity contribution is -0.136. The van der Waals surface area contributed by atoms with E-state index >= 15 is 0 Å². The number of amides is 2. The molecule has 2 N–H and O–H groups in total. The summed E-state index contributed by atoms with van der Waals surface area (Å²) in [5.41, 5.74) is 1.64. The van der Waals surface area contributed by atoms with Gasteiger partial charge in [0.1, 0.15) is 5.75 Å². The minimum atomic E-state index is -0.912. The molecule has 0 bridgehead atoms. The molecule has 2 amide bonds. The van der Waals surface area contributed by atoms with E-state index in [0.29, 0.717) is 39.6 Å². The number of rotatable bonds is 8. The highest BCUT2D eigenvalue weighted by Gasteiger charge is 2.16. The van der Waals surface area contributed by atoms with Crippen LogP contribution >= 0.6 is 11.6 Å². The van der Waals surface area contributed by atoms with E-state index in [9.17, 15) is 14.0 Å². The Morgan fingerprint density at radius 2 is 1.62 bits per heavy atom. The summed E-state index contributed by atoms with van der Waals surface area (Å²) in [6.07, 6.45) is 2.06. The van der Waals surface area contributed by atoms with Gasteiger partial charge in [0.05, 0.1) is 19.7 Å². The molecule has 0 aliphatic heterocycles. The lowest BCUT2D eigenvalue weighted by Gasteiger charge is -2.13. The highest BCUT2D eigenvalue weighted by molar-refractivity contribution is 6.39. The second-order valence-electron chi connectivity index (χ2n) is 7.87. The minimum Gasteiger partial charge on any atom is -0.493 e. The number of methoxy groups -OCH3 is 2. The molecule has 0 unspecified atom stereocenters. The van der Waals surface area contributed by atoms with Gasteiger partial charge >= 0.3 is 11.8 Å². The zero-order chi connectivity index (χ0) is 26.4. The molecule has 0 atom stereocenters. The largest absolute Gasteiger partial charge is 0.493 e. The molecule has 0 radical (unpaired) electrons. The van der Waals surface area contributed by atoms with Crippen LogP contribution in [0.1, 0.15) is 5.56 Å². The standard InChI is InChI=1S/C27H23ClFN3O5/c1-35-24-14-19-21(15-25(24)36-2)30-12-10-22(19)37-23-8-7-18(13-20(23)29)32-27(34)26(33)31-11-9-16-3-5-17(28)6-4-16/h3-8,10,12-15H,9,11H2,1-2H3,(H,31,33)(H,32,34). The summed E-state index contributed by atoms with van der Waals surface area (Å²) < 4.78 is 31.2. The van der Waals surface area contributed by atoms with E-state index in [1.165, 1.54) is 32.5 Å². The number of carbonyl (C=O) groups excluding carboxylic acids is 2. The monoisotopic (exact) mass is 523 g/mol. The summed E-state index contributed by atoms with van der Waals surface area (Å²) in [4.78, 5) is 28.6. The fraction of sp³-hybridized carbons (Fsp3) is 0.148. The van der Waals surface area contributed by atoms with Gasteiger partial charge in [-0.05, 0) is 48.4 Å². The number of anilines is 1. The van der Waals surface area contributed by atoms with Crippen molar-refractivity contribution in [3.8, 4) is 23.0 Å². The van der Waals surface area contributed by atoms with Crippen molar-refractivity contribution < 1.29 is 28.2 Å². The highest BCUT2D eigenvalue weighted by Crippen LogP contribution is 2.37. The Hall–Kier alpha value is -4.37. The lowest BCUT2D eigenvalue weighted by atomic mass is 10.1. The molecular weight excluding hydrogens is 501 g/mol. The van der Waals surface area contributed by atoms with Crippen LogP contribution in [0.25, 0.3) is 10.9 Å². The third-order valence-electron chi connectivity index (χ3n) is 5.44. The Bertz CT molecular complexity index is 1450. The number of aromatic nitrogens is 1. The molecule has 4 rings (SSSR count). The molecule has 3 aromatic carbocycles. The van der Waals surface area contributed by atoms with Crippen LogP contribution in [0.4, 0.5) is 10.1 Å². The number of ether oxygens (including phenoxy) is 3. The number of nitrogens with zero attached hydrogens (tertiary/aromatic N) is 1. The molecule has 8 nitrogen and oxygen atoms in total. The number of hydrogen-bond acceptors (Lipinski definition) is 6. The molecule has 0 aliphatic rings. The molecule has 0 spiro atoms. The topological polar surface area (TPSA) is 98.8 Å². The molecule has 190 valence electrons. The Kier molecular flexibility index (Phi) is 8.05. The number of carbonyl (C=O) groups is 2. The van der Waals surface area contributed by atoms with Crippen molar-refractivity contribution in [3.05, 3.63) is 83.3 Å². The van der Waals surface area contributed by atoms with Crippen LogP contribution in [-0.4, -0.2) is 37.6 Å². The molecule has 0 saturated heterocycles. The van der Waals surface area contributed by atoms with Gasteiger partial charge in [-0.1, -0.05) is 23.7 Å². The maximum Gasteiger partial charge on any atom is 0.313 e. The lowest BCUT2D eigenvalue weighted by Crippen LogP contribution is -2.36. The van der Waals surface area contributed by atoms with E-state index in [2.05, 4.69) is 15.6 Å². The molecule has 1 heterocycles. The molecule has 0 saturated carbocycles. The van der Waals surface area contributed by atoms with Crippen molar-refractivity contribution in [1.29, 1.82) is 0 Å². The fourth-order valence-electron chi connectivity index (χ4n) is 3.56. The van der Waals surface area contributed by atoms with Gasteiger partial charge in [0.25, 0.3) is 0 Å². The fourth-order valence-corrected chi connectivity index (χ4v) is 3.68. The first-order valence-corrected chi connectivity index (χ1v) is 11.6. The van der Waals surface area contributed by atoms with Crippen LogP contribution in [0.3, 0.4) is 0 Å². The van der Waals surface area contributed by atoms with Crippen molar-refractivity contribution in [2.75, 3.05) is 26.1 Å². The first kappa shape index (κ1) is 25.7. The summed E-state index contributed by atoms with van der Waals surface area (Å²) in [6.45, 7) is 0.256. The van der Waals surface area contributed by atoms with Crippen LogP contribution in [0.15, 0.2) is 66.9 Å². The van der Waals surface area contributed by atoms with Crippen molar-refractivity contribution in [3.63, 3.8) is 0 Å². The number of halogens is 2. The van der Waals surface area contributed by atoms with Crippen LogP contribution in [0.2, 0.25) is 5.02 Å². The normalized spacial score (nSPS) is 10.6. The maximum atomic E-state index is 14.8. The maximum absolute atomic E-state index is 14.8. The van der Waals surface area contributed by atoms with Crippen LogP contribution in [0.5, 0.6) is 23.0 Å². The summed E-state index contributed by atoms with van der Waals surface area (Å²) in [6, 6.07) is 16.0. The van der Waals surface area contributed by atoms with Crippen molar-refractivity contribution in [2.24, 2.45) is 0 Å². The van der Waals surface area contributed by atoms with Crippen LogP contribution in [0, 0.1) is 5.82 Å². The Labute approximate surface area is 217 Å². The van der Waals surface area contributed by atoms with E-state index in [4.69, 9.17) is 25.8 Å². The number of fused-ring (bicyclic) bond motifs is 1. The second-order valence-corrected chi connectivity index (χ2v) is 8.30. The molecule has 37 heavy (non-hydrogen) atoms. The van der Waals surface area contributed by atoms with Gasteiger partial charge in [0, 0.05) is 41.0 Å². The molecule has 1 aromatic heterocycles. The molecule has 4 aromatic rings. The first-order chi connectivity index (χ1) is 17.9. The average Bonchev–Trinajstić information content (AvgIpc) is 2.90. The third kappa shape index (κ3) is 6.25. The molecular formula is C27H23ClFN3O5. The quantitative estimate of drug-likeness (QED) is 0.310. The average molecular weight is 524 g/mol. The van der Waals surface area contributed by atoms with Crippen LogP contribution < -0.4 is 24.8 Å². The zero-order valence-corrected chi connectivity index (χ0v) is 20.8. The first-order valence-electron chi connectivity index (χ1n) is 11.2. The van der Waals surface area contributed by atoms with Crippen LogP contribution in [-0.2, 0) is 16.0 Å². The van der Waals surface area contributed by atoms with Crippen molar-refractivity contribution in [2.45, 2.75) is 6.42 Å². The van der Waals surface area contributed by atoms with Gasteiger partial charge in [-0.15, -0.1) is 0 Å². The van der Waals surface area contributed by atoms with Crippen molar-refractivity contribution >= 4 is 40.0 Å².